The molecule has 29 heavy (non-hydrogen) atoms. The van der Waals surface area contributed by atoms with Crippen molar-refractivity contribution in [2.24, 2.45) is 17.3 Å². The number of likely N-dealkylation sites (tertiary alicyclic amines) is 1. The van der Waals surface area contributed by atoms with Crippen LogP contribution in [0.2, 0.25) is 0 Å². The minimum atomic E-state index is -0.516. The van der Waals surface area contributed by atoms with E-state index in [2.05, 4.69) is 10.6 Å². The molecule has 1 fully saturated rings. The zero-order valence-corrected chi connectivity index (χ0v) is 18.1. The van der Waals surface area contributed by atoms with Crippen LogP contribution in [0.1, 0.15) is 47.5 Å². The van der Waals surface area contributed by atoms with Crippen LogP contribution in [0.15, 0.2) is 24.3 Å². The summed E-state index contributed by atoms with van der Waals surface area (Å²) in [7, 11) is 0. The summed E-state index contributed by atoms with van der Waals surface area (Å²) in [4.78, 5) is 38.6. The Labute approximate surface area is 173 Å². The van der Waals surface area contributed by atoms with Gasteiger partial charge in [0.2, 0.25) is 11.8 Å². The number of carbonyl (C=O) groups is 3. The van der Waals surface area contributed by atoms with Crippen molar-refractivity contribution < 1.29 is 19.1 Å². The lowest BCUT2D eigenvalue weighted by Crippen LogP contribution is -2.45. The van der Waals surface area contributed by atoms with Gasteiger partial charge in [-0.25, -0.2) is 4.79 Å². The number of piperidine rings is 1. The molecule has 1 saturated heterocycles. The van der Waals surface area contributed by atoms with E-state index in [-0.39, 0.29) is 23.7 Å². The average molecular weight is 404 g/mol. The summed E-state index contributed by atoms with van der Waals surface area (Å²) in [5.74, 6) is 0.190. The van der Waals surface area contributed by atoms with Gasteiger partial charge in [-0.2, -0.15) is 0 Å². The van der Waals surface area contributed by atoms with E-state index in [1.165, 1.54) is 0 Å². The Morgan fingerprint density at radius 3 is 2.24 bits per heavy atom. The fourth-order valence-electron chi connectivity index (χ4n) is 3.13. The van der Waals surface area contributed by atoms with E-state index in [1.807, 2.05) is 39.5 Å². The predicted molar refractivity (Wildman–Crippen MR) is 114 cm³/mol. The third-order valence-corrected chi connectivity index (χ3v) is 4.72. The molecule has 3 amide bonds. The quantitative estimate of drug-likeness (QED) is 0.774. The highest BCUT2D eigenvalue weighted by Crippen LogP contribution is 2.25. The molecule has 0 aliphatic carbocycles. The fourth-order valence-corrected chi connectivity index (χ4v) is 3.13. The van der Waals surface area contributed by atoms with Gasteiger partial charge in [0.05, 0.1) is 6.61 Å². The first-order valence-corrected chi connectivity index (χ1v) is 10.2. The Morgan fingerprint density at radius 2 is 1.69 bits per heavy atom. The Balaban J connectivity index is 1.87. The van der Waals surface area contributed by atoms with Crippen molar-refractivity contribution in [2.75, 3.05) is 30.3 Å². The molecule has 0 saturated carbocycles. The number of carbonyl (C=O) groups excluding carboxylic acids is 3. The SMILES string of the molecule is CC(C)COC(=O)Nc1cccc(NC(=O)C2CCN(C(=O)C(C)(C)C)CC2)c1. The van der Waals surface area contributed by atoms with E-state index >= 15 is 0 Å². The lowest BCUT2D eigenvalue weighted by molar-refractivity contribution is -0.142. The molecule has 0 atom stereocenters. The number of anilines is 2. The van der Waals surface area contributed by atoms with E-state index in [4.69, 9.17) is 4.74 Å². The first-order valence-electron chi connectivity index (χ1n) is 10.2. The topological polar surface area (TPSA) is 87.7 Å². The lowest BCUT2D eigenvalue weighted by Gasteiger charge is -2.35. The highest BCUT2D eigenvalue weighted by Gasteiger charge is 2.32. The van der Waals surface area contributed by atoms with E-state index in [9.17, 15) is 14.4 Å². The molecule has 7 heteroatoms. The van der Waals surface area contributed by atoms with Crippen LogP contribution in [0.5, 0.6) is 0 Å². The van der Waals surface area contributed by atoms with E-state index < -0.39 is 11.5 Å². The van der Waals surface area contributed by atoms with Crippen molar-refractivity contribution in [3.63, 3.8) is 0 Å². The Bertz CT molecular complexity index is 732. The van der Waals surface area contributed by atoms with Gasteiger partial charge < -0.3 is 15.0 Å². The zero-order valence-electron chi connectivity index (χ0n) is 18.1. The number of benzene rings is 1. The monoisotopic (exact) mass is 403 g/mol. The maximum atomic E-state index is 12.6. The first kappa shape index (κ1) is 22.7. The standard InChI is InChI=1S/C22H33N3O4/c1-15(2)14-29-21(28)24-18-8-6-7-17(13-18)23-19(26)16-9-11-25(12-10-16)20(27)22(3,4)5/h6-8,13,15-16H,9-12,14H2,1-5H3,(H,23,26)(H,24,28). The molecule has 1 aliphatic rings. The summed E-state index contributed by atoms with van der Waals surface area (Å²) in [6, 6.07) is 6.98. The van der Waals surface area contributed by atoms with Gasteiger partial charge in [-0.15, -0.1) is 0 Å². The van der Waals surface area contributed by atoms with Crippen molar-refractivity contribution in [1.82, 2.24) is 4.90 Å². The molecule has 1 aromatic rings. The molecular weight excluding hydrogens is 370 g/mol. The molecule has 2 rings (SSSR count). The van der Waals surface area contributed by atoms with Gasteiger partial charge in [0.15, 0.2) is 0 Å². The van der Waals surface area contributed by atoms with Gasteiger partial charge in [-0.1, -0.05) is 40.7 Å². The van der Waals surface area contributed by atoms with Crippen molar-refractivity contribution in [1.29, 1.82) is 0 Å². The summed E-state index contributed by atoms with van der Waals surface area (Å²) in [6.45, 7) is 11.2. The summed E-state index contributed by atoms with van der Waals surface area (Å²) in [5.41, 5.74) is 0.769. The van der Waals surface area contributed by atoms with Crippen molar-refractivity contribution >= 4 is 29.3 Å². The van der Waals surface area contributed by atoms with E-state index in [0.29, 0.717) is 43.9 Å². The van der Waals surface area contributed by atoms with Gasteiger partial charge in [0.25, 0.3) is 0 Å². The molecule has 1 aromatic carbocycles. The van der Waals surface area contributed by atoms with Gasteiger partial charge in [0, 0.05) is 35.8 Å². The number of amides is 3. The highest BCUT2D eigenvalue weighted by molar-refractivity contribution is 5.94. The van der Waals surface area contributed by atoms with Gasteiger partial charge >= 0.3 is 6.09 Å². The largest absolute Gasteiger partial charge is 0.449 e. The summed E-state index contributed by atoms with van der Waals surface area (Å²) >= 11 is 0. The summed E-state index contributed by atoms with van der Waals surface area (Å²) in [6.07, 6.45) is 0.776. The maximum Gasteiger partial charge on any atom is 0.411 e. The second kappa shape index (κ2) is 9.76. The van der Waals surface area contributed by atoms with Crippen LogP contribution in [-0.4, -0.2) is 42.5 Å². The Hall–Kier alpha value is -2.57. The number of nitrogens with one attached hydrogen (secondary N) is 2. The van der Waals surface area contributed by atoms with Crippen LogP contribution in [-0.2, 0) is 14.3 Å². The van der Waals surface area contributed by atoms with Gasteiger partial charge in [0.1, 0.15) is 0 Å². The summed E-state index contributed by atoms with van der Waals surface area (Å²) in [5, 5.41) is 5.58. The molecule has 1 heterocycles. The second-order valence-corrected chi connectivity index (χ2v) is 9.00. The molecule has 0 bridgehead atoms. The van der Waals surface area contributed by atoms with Crippen molar-refractivity contribution in [3.05, 3.63) is 24.3 Å². The lowest BCUT2D eigenvalue weighted by atomic mass is 9.90. The molecule has 0 spiro atoms. The smallest absolute Gasteiger partial charge is 0.411 e. The third-order valence-electron chi connectivity index (χ3n) is 4.72. The highest BCUT2D eigenvalue weighted by atomic mass is 16.5. The molecule has 1 aliphatic heterocycles. The third kappa shape index (κ3) is 7.07. The second-order valence-electron chi connectivity index (χ2n) is 9.00. The van der Waals surface area contributed by atoms with E-state index in [0.717, 1.165) is 0 Å². The Morgan fingerprint density at radius 1 is 1.10 bits per heavy atom. The van der Waals surface area contributed by atoms with E-state index in [1.54, 1.807) is 24.3 Å². The molecule has 160 valence electrons. The van der Waals surface area contributed by atoms with Crippen molar-refractivity contribution in [2.45, 2.75) is 47.5 Å². The summed E-state index contributed by atoms with van der Waals surface area (Å²) < 4.78 is 5.11. The average Bonchev–Trinajstić information content (AvgIpc) is 2.65. The molecule has 0 aromatic heterocycles. The molecule has 0 unspecified atom stereocenters. The number of hydrogen-bond donors (Lipinski definition) is 2. The minimum absolute atomic E-state index is 0.0626. The predicted octanol–water partition coefficient (Wildman–Crippen LogP) is 4.11. The molecule has 7 nitrogen and oxygen atoms in total. The molecule has 0 radical (unpaired) electrons. The first-order chi connectivity index (χ1) is 13.6. The van der Waals surface area contributed by atoms with Crippen LogP contribution in [0.4, 0.5) is 16.2 Å². The van der Waals surface area contributed by atoms with Gasteiger partial charge in [-0.05, 0) is 37.0 Å². The van der Waals surface area contributed by atoms with Crippen molar-refractivity contribution in [3.8, 4) is 0 Å². The molecular formula is C22H33N3O4. The van der Waals surface area contributed by atoms with Crippen LogP contribution < -0.4 is 10.6 Å². The number of rotatable bonds is 5. The fraction of sp³-hybridized carbons (Fsp3) is 0.591. The van der Waals surface area contributed by atoms with Crippen LogP contribution >= 0.6 is 0 Å². The number of hydrogen-bond acceptors (Lipinski definition) is 4. The van der Waals surface area contributed by atoms with Gasteiger partial charge in [-0.3, -0.25) is 14.9 Å². The Kier molecular flexibility index (Phi) is 7.65. The zero-order chi connectivity index (χ0) is 21.6. The maximum absolute atomic E-state index is 12.6. The van der Waals surface area contributed by atoms with Crippen LogP contribution in [0.3, 0.4) is 0 Å². The number of ether oxygens (including phenoxy) is 1. The number of nitrogens with zero attached hydrogens (tertiary/aromatic N) is 1. The minimum Gasteiger partial charge on any atom is -0.449 e. The normalized spacial score (nSPS) is 15.2. The van der Waals surface area contributed by atoms with Crippen LogP contribution in [0.25, 0.3) is 0 Å². The molecule has 2 N–H and O–H groups in total. The van der Waals surface area contributed by atoms with Crippen LogP contribution in [0, 0.1) is 17.3 Å².